The van der Waals surface area contributed by atoms with Crippen LogP contribution < -0.4 is 5.32 Å². The van der Waals surface area contributed by atoms with Crippen molar-refractivity contribution < 1.29 is 4.74 Å². The third-order valence-electron chi connectivity index (χ3n) is 2.78. The fourth-order valence-electron chi connectivity index (χ4n) is 1.92. The molecule has 0 radical (unpaired) electrons. The van der Waals surface area contributed by atoms with E-state index >= 15 is 0 Å². The maximum Gasteiger partial charge on any atom is 0.181 e. The number of hydrogen-bond acceptors (Lipinski definition) is 4. The monoisotopic (exact) mass is 218 g/mol. The largest absolute Gasteiger partial charge is 0.367 e. The van der Waals surface area contributed by atoms with Crippen molar-refractivity contribution >= 4 is 5.65 Å². The van der Waals surface area contributed by atoms with Gasteiger partial charge in [-0.15, -0.1) is 5.10 Å². The van der Waals surface area contributed by atoms with Gasteiger partial charge in [-0.05, 0) is 19.1 Å². The lowest BCUT2D eigenvalue weighted by molar-refractivity contribution is 0.0223. The first kappa shape index (κ1) is 9.74. The van der Waals surface area contributed by atoms with Crippen molar-refractivity contribution in [3.05, 3.63) is 29.7 Å². The average molecular weight is 218 g/mol. The van der Waals surface area contributed by atoms with Crippen LogP contribution in [0, 0.1) is 6.92 Å². The number of hydrogen-bond donors (Lipinski definition) is 1. The van der Waals surface area contributed by atoms with Gasteiger partial charge in [0.2, 0.25) is 0 Å². The molecule has 1 saturated heterocycles. The van der Waals surface area contributed by atoms with E-state index in [4.69, 9.17) is 4.74 Å². The summed E-state index contributed by atoms with van der Waals surface area (Å²) in [5, 5.41) is 7.75. The summed E-state index contributed by atoms with van der Waals surface area (Å²) in [5.74, 6) is 0.765. The van der Waals surface area contributed by atoms with E-state index < -0.39 is 0 Å². The minimum absolute atomic E-state index is 0.0203. The lowest BCUT2D eigenvalue weighted by Gasteiger charge is -2.20. The Hall–Kier alpha value is -1.46. The van der Waals surface area contributed by atoms with Gasteiger partial charge in [0.05, 0.1) is 6.61 Å². The zero-order valence-corrected chi connectivity index (χ0v) is 9.18. The molecule has 0 saturated carbocycles. The van der Waals surface area contributed by atoms with Crippen LogP contribution in [-0.4, -0.2) is 34.3 Å². The molecule has 1 atom stereocenters. The molecule has 3 heterocycles. The maximum atomic E-state index is 5.63. The Labute approximate surface area is 93.4 Å². The molecule has 0 aliphatic carbocycles. The third kappa shape index (κ3) is 1.58. The molecule has 0 spiro atoms. The molecule has 16 heavy (non-hydrogen) atoms. The molecule has 1 N–H and O–H groups in total. The van der Waals surface area contributed by atoms with Crippen molar-refractivity contribution in [1.82, 2.24) is 19.9 Å². The number of pyridine rings is 1. The molecule has 1 unspecified atom stereocenters. The number of nitrogens with one attached hydrogen (secondary N) is 1. The molecule has 5 heteroatoms. The fraction of sp³-hybridized carbons (Fsp3) is 0.455. The summed E-state index contributed by atoms with van der Waals surface area (Å²) in [6.07, 6.45) is -0.0203. The zero-order valence-electron chi connectivity index (χ0n) is 9.18. The van der Waals surface area contributed by atoms with Crippen LogP contribution in [0.2, 0.25) is 0 Å². The predicted octanol–water partition coefficient (Wildman–Crippen LogP) is 0.699. The number of fused-ring (bicyclic) bond motifs is 1. The summed E-state index contributed by atoms with van der Waals surface area (Å²) in [6, 6.07) is 5.97. The lowest BCUT2D eigenvalue weighted by atomic mass is 10.3. The first-order chi connectivity index (χ1) is 7.84. The highest BCUT2D eigenvalue weighted by molar-refractivity contribution is 5.38. The fourth-order valence-corrected chi connectivity index (χ4v) is 1.92. The van der Waals surface area contributed by atoms with Crippen LogP contribution in [0.15, 0.2) is 18.2 Å². The highest BCUT2D eigenvalue weighted by Crippen LogP contribution is 2.16. The lowest BCUT2D eigenvalue weighted by Crippen LogP contribution is -2.33. The van der Waals surface area contributed by atoms with Crippen molar-refractivity contribution in [3.8, 4) is 0 Å². The molecule has 0 aromatic carbocycles. The Bertz CT molecular complexity index is 502. The summed E-state index contributed by atoms with van der Waals surface area (Å²) in [5.41, 5.74) is 1.96. The van der Waals surface area contributed by atoms with Crippen molar-refractivity contribution in [1.29, 1.82) is 0 Å². The van der Waals surface area contributed by atoms with Gasteiger partial charge in [-0.3, -0.25) is 0 Å². The molecular formula is C11H14N4O. The van der Waals surface area contributed by atoms with E-state index in [2.05, 4.69) is 15.4 Å². The van der Waals surface area contributed by atoms with Crippen molar-refractivity contribution in [2.24, 2.45) is 0 Å². The summed E-state index contributed by atoms with van der Waals surface area (Å²) in [7, 11) is 0. The zero-order chi connectivity index (χ0) is 11.0. The molecule has 1 aliphatic rings. The normalized spacial score (nSPS) is 21.4. The summed E-state index contributed by atoms with van der Waals surface area (Å²) in [4.78, 5) is 4.48. The first-order valence-electron chi connectivity index (χ1n) is 5.49. The maximum absolute atomic E-state index is 5.63. The van der Waals surface area contributed by atoms with Crippen LogP contribution >= 0.6 is 0 Å². The number of morpholine rings is 1. The predicted molar refractivity (Wildman–Crippen MR) is 59.3 cm³/mol. The topological polar surface area (TPSA) is 51.5 Å². The summed E-state index contributed by atoms with van der Waals surface area (Å²) >= 11 is 0. The minimum atomic E-state index is -0.0203. The van der Waals surface area contributed by atoms with E-state index in [1.807, 2.05) is 29.6 Å². The van der Waals surface area contributed by atoms with E-state index in [0.717, 1.165) is 36.9 Å². The Morgan fingerprint density at radius 1 is 1.50 bits per heavy atom. The number of aryl methyl sites for hydroxylation is 1. The number of ether oxygens (including phenoxy) is 1. The van der Waals surface area contributed by atoms with Crippen molar-refractivity contribution in [3.63, 3.8) is 0 Å². The van der Waals surface area contributed by atoms with Crippen molar-refractivity contribution in [2.75, 3.05) is 19.7 Å². The van der Waals surface area contributed by atoms with Crippen LogP contribution in [0.25, 0.3) is 5.65 Å². The Morgan fingerprint density at radius 3 is 3.19 bits per heavy atom. The number of nitrogens with zero attached hydrogens (tertiary/aromatic N) is 3. The van der Waals surface area contributed by atoms with Gasteiger partial charge in [-0.2, -0.15) is 0 Å². The molecule has 0 bridgehead atoms. The number of rotatable bonds is 1. The molecule has 2 aromatic heterocycles. The van der Waals surface area contributed by atoms with Gasteiger partial charge < -0.3 is 10.1 Å². The minimum Gasteiger partial charge on any atom is -0.367 e. The van der Waals surface area contributed by atoms with Crippen LogP contribution in [0.1, 0.15) is 17.6 Å². The van der Waals surface area contributed by atoms with Crippen LogP contribution in [-0.2, 0) is 4.74 Å². The molecule has 3 rings (SSSR count). The van der Waals surface area contributed by atoms with Crippen LogP contribution in [0.4, 0.5) is 0 Å². The second-order valence-electron chi connectivity index (χ2n) is 3.97. The molecule has 5 nitrogen and oxygen atoms in total. The Kier molecular flexibility index (Phi) is 2.34. The standard InChI is InChI=1S/C11H14N4O/c1-8-3-2-4-10-13-11(14-15(8)10)9-7-12-5-6-16-9/h2-4,9,12H,5-7H2,1H3. The van der Waals surface area contributed by atoms with E-state index in [1.165, 1.54) is 0 Å². The van der Waals surface area contributed by atoms with E-state index in [9.17, 15) is 0 Å². The van der Waals surface area contributed by atoms with Gasteiger partial charge in [-0.25, -0.2) is 9.50 Å². The van der Waals surface area contributed by atoms with E-state index in [-0.39, 0.29) is 6.10 Å². The SMILES string of the molecule is Cc1cccc2nc(C3CNCCO3)nn12. The molecular weight excluding hydrogens is 204 g/mol. The van der Waals surface area contributed by atoms with Gasteiger partial charge in [0, 0.05) is 18.8 Å². The first-order valence-corrected chi connectivity index (χ1v) is 5.49. The highest BCUT2D eigenvalue weighted by atomic mass is 16.5. The second kappa shape index (κ2) is 3.84. The van der Waals surface area contributed by atoms with E-state index in [1.54, 1.807) is 0 Å². The molecule has 1 aliphatic heterocycles. The van der Waals surface area contributed by atoms with Gasteiger partial charge in [0.25, 0.3) is 0 Å². The smallest absolute Gasteiger partial charge is 0.181 e. The quantitative estimate of drug-likeness (QED) is 0.765. The third-order valence-corrected chi connectivity index (χ3v) is 2.78. The molecule has 2 aromatic rings. The molecule has 84 valence electrons. The van der Waals surface area contributed by atoms with Gasteiger partial charge in [-0.1, -0.05) is 6.07 Å². The average Bonchev–Trinajstić information content (AvgIpc) is 2.76. The van der Waals surface area contributed by atoms with Crippen molar-refractivity contribution in [2.45, 2.75) is 13.0 Å². The van der Waals surface area contributed by atoms with Gasteiger partial charge in [0.1, 0.15) is 6.10 Å². The molecule has 1 fully saturated rings. The second-order valence-corrected chi connectivity index (χ2v) is 3.97. The summed E-state index contributed by atoms with van der Waals surface area (Å²) in [6.45, 7) is 4.43. The van der Waals surface area contributed by atoms with E-state index in [0.29, 0.717) is 0 Å². The van der Waals surface area contributed by atoms with Crippen LogP contribution in [0.5, 0.6) is 0 Å². The van der Waals surface area contributed by atoms with Gasteiger partial charge in [0.15, 0.2) is 11.5 Å². The van der Waals surface area contributed by atoms with Crippen LogP contribution in [0.3, 0.4) is 0 Å². The Balaban J connectivity index is 2.01. The number of aromatic nitrogens is 3. The molecule has 0 amide bonds. The highest BCUT2D eigenvalue weighted by Gasteiger charge is 2.20. The summed E-state index contributed by atoms with van der Waals surface area (Å²) < 4.78 is 7.49. The Morgan fingerprint density at radius 2 is 2.44 bits per heavy atom. The van der Waals surface area contributed by atoms with Gasteiger partial charge >= 0.3 is 0 Å².